The molecule has 4 heterocycles. The number of nitrogens with zero attached hydrogens (tertiary/aromatic N) is 2. The number of rotatable bonds is 14. The SMILES string of the molecule is CCCCCC(O)CC(=O)CCc1ccc2c(c1)OC1C(C#CC(O)c3ccc(C(N)NCCc4ccccc4)cc3CC3=C4CN1C=C4N=C3)C1(C#CO2)CCCC1. The van der Waals surface area contributed by atoms with E-state index in [1.165, 1.54) is 5.56 Å². The van der Waals surface area contributed by atoms with Crippen LogP contribution in [-0.4, -0.2) is 52.5 Å². The van der Waals surface area contributed by atoms with Crippen LogP contribution in [0.5, 0.6) is 11.5 Å². The van der Waals surface area contributed by atoms with E-state index in [4.69, 9.17) is 20.2 Å². The van der Waals surface area contributed by atoms with Crippen LogP contribution < -0.4 is 20.5 Å². The summed E-state index contributed by atoms with van der Waals surface area (Å²) in [5.74, 6) is 11.1. The number of carbonyl (C=O) groups is 1. The maximum atomic E-state index is 12.9. The number of aryl methyl sites for hydroxylation is 1. The molecule has 306 valence electrons. The van der Waals surface area contributed by atoms with Crippen LogP contribution in [0.25, 0.3) is 0 Å². The maximum absolute atomic E-state index is 12.9. The summed E-state index contributed by atoms with van der Waals surface area (Å²) in [7, 11) is 0. The molecule has 1 saturated carbocycles. The highest BCUT2D eigenvalue weighted by Crippen LogP contribution is 2.49. The average molecular weight is 793 g/mol. The second-order valence-corrected chi connectivity index (χ2v) is 16.8. The van der Waals surface area contributed by atoms with E-state index in [0.717, 1.165) is 97.0 Å². The molecule has 5 N–H and O–H groups in total. The van der Waals surface area contributed by atoms with Gasteiger partial charge in [0.05, 0.1) is 29.3 Å². The van der Waals surface area contributed by atoms with E-state index in [9.17, 15) is 15.0 Å². The number of allylic oxidation sites excluding steroid dienone is 1. The number of Topliss-reactive ketones (excluding diaryl/α,β-unsaturated/α-hetero) is 1. The molecule has 59 heavy (non-hydrogen) atoms. The summed E-state index contributed by atoms with van der Waals surface area (Å²) in [6.07, 6.45) is 14.3. The van der Waals surface area contributed by atoms with Crippen molar-refractivity contribution in [2.75, 3.05) is 13.1 Å². The van der Waals surface area contributed by atoms with Crippen molar-refractivity contribution in [2.24, 2.45) is 22.1 Å². The van der Waals surface area contributed by atoms with Gasteiger partial charge in [-0.1, -0.05) is 111 Å². The molecule has 0 radical (unpaired) electrons. The van der Waals surface area contributed by atoms with E-state index in [1.807, 2.05) is 54.7 Å². The Bertz CT molecular complexity index is 2230. The monoisotopic (exact) mass is 792 g/mol. The van der Waals surface area contributed by atoms with Crippen LogP contribution in [0.1, 0.15) is 111 Å². The van der Waals surface area contributed by atoms with Gasteiger partial charge in [-0.3, -0.25) is 15.1 Å². The van der Waals surface area contributed by atoms with Gasteiger partial charge >= 0.3 is 0 Å². The van der Waals surface area contributed by atoms with E-state index in [-0.39, 0.29) is 18.4 Å². The third-order valence-corrected chi connectivity index (χ3v) is 12.6. The third kappa shape index (κ3) is 9.35. The number of aliphatic hydroxyl groups excluding tert-OH is 2. The van der Waals surface area contributed by atoms with Crippen molar-refractivity contribution < 1.29 is 24.5 Å². The fraction of sp³-hybridized carbons (Fsp3) is 0.440. The molecular formula is C50H56N4O5. The first-order valence-corrected chi connectivity index (χ1v) is 21.6. The average Bonchev–Trinajstić information content (AvgIpc) is 3.99. The Morgan fingerprint density at radius 2 is 1.88 bits per heavy atom. The standard InChI is InChI=1S/C50H56N4O5/c1-2-3-5-12-39(55)30-40(56)16-13-35-14-20-46-47(27-35)59-49-43(50(24-26-58-46)22-8-9-23-50)18-19-45(57)41-17-15-36(48(51)52-25-21-34-10-6-4-7-11-34)28-37(41)29-38-31-53-44-33-54(49)32-42(38)44/h4,6-7,10-11,14-15,17,20,27-28,31,33,39,43,45,48-49,52,55,57H,2-3,5,8-9,12-13,16,21-23,25,29-30,32,51H2,1H3. The van der Waals surface area contributed by atoms with E-state index < -0.39 is 29.8 Å². The van der Waals surface area contributed by atoms with E-state index in [1.54, 1.807) is 0 Å². The lowest BCUT2D eigenvalue weighted by atomic mass is 9.73. The normalized spacial score (nSPS) is 21.9. The van der Waals surface area contributed by atoms with Gasteiger partial charge < -0.3 is 30.3 Å². The van der Waals surface area contributed by atoms with E-state index in [0.29, 0.717) is 43.7 Å². The highest BCUT2D eigenvalue weighted by Gasteiger charge is 2.48. The van der Waals surface area contributed by atoms with Gasteiger partial charge in [-0.05, 0) is 84.0 Å². The lowest BCUT2D eigenvalue weighted by molar-refractivity contribution is -0.121. The molecule has 2 bridgehead atoms. The molecule has 9 nitrogen and oxygen atoms in total. The molecule has 1 fully saturated rings. The van der Waals surface area contributed by atoms with Gasteiger partial charge in [-0.15, -0.1) is 0 Å². The number of hydrogen-bond donors (Lipinski definition) is 4. The number of fused-ring (bicyclic) bond motifs is 6. The van der Waals surface area contributed by atoms with Gasteiger partial charge in [-0.2, -0.15) is 0 Å². The van der Waals surface area contributed by atoms with Crippen LogP contribution in [0.3, 0.4) is 0 Å². The highest BCUT2D eigenvalue weighted by atomic mass is 16.5. The number of unbranched alkanes of at least 4 members (excludes halogenated alkanes) is 2. The molecule has 4 aliphatic heterocycles. The van der Waals surface area contributed by atoms with Crippen LogP contribution in [0.2, 0.25) is 0 Å². The first-order chi connectivity index (χ1) is 28.8. The Morgan fingerprint density at radius 1 is 1.03 bits per heavy atom. The molecule has 0 amide bonds. The number of ketones is 1. The van der Waals surface area contributed by atoms with Crippen molar-refractivity contribution in [3.63, 3.8) is 0 Å². The Kier molecular flexibility index (Phi) is 12.7. The summed E-state index contributed by atoms with van der Waals surface area (Å²) in [6.45, 7) is 3.45. The number of aliphatic imine (C=N–C) groups is 1. The number of hydrogen-bond acceptors (Lipinski definition) is 9. The predicted molar refractivity (Wildman–Crippen MR) is 230 cm³/mol. The zero-order valence-corrected chi connectivity index (χ0v) is 34.1. The summed E-state index contributed by atoms with van der Waals surface area (Å²) in [5, 5.41) is 25.8. The first-order valence-electron chi connectivity index (χ1n) is 21.6. The Hall–Kier alpha value is -5.16. The van der Waals surface area contributed by atoms with Crippen molar-refractivity contribution in [3.05, 3.63) is 118 Å². The number of nitrogens with two attached hydrogens (primary N) is 1. The molecule has 9 heteroatoms. The molecule has 8 rings (SSSR count). The first kappa shape index (κ1) is 40.6. The summed E-state index contributed by atoms with van der Waals surface area (Å²) < 4.78 is 13.2. The van der Waals surface area contributed by atoms with Crippen LogP contribution in [0.4, 0.5) is 0 Å². The molecule has 5 aliphatic rings. The van der Waals surface area contributed by atoms with Crippen molar-refractivity contribution in [1.29, 1.82) is 0 Å². The lowest BCUT2D eigenvalue weighted by Gasteiger charge is -2.39. The fourth-order valence-electron chi connectivity index (χ4n) is 9.19. The Labute approximate surface area is 348 Å². The summed E-state index contributed by atoms with van der Waals surface area (Å²) in [6, 6.07) is 22.2. The Morgan fingerprint density at radius 3 is 2.71 bits per heavy atom. The number of nitrogens with one attached hydrogen (secondary N) is 1. The minimum absolute atomic E-state index is 0.0491. The van der Waals surface area contributed by atoms with E-state index >= 15 is 0 Å². The van der Waals surface area contributed by atoms with Crippen molar-refractivity contribution >= 4 is 12.0 Å². The van der Waals surface area contributed by atoms with E-state index in [2.05, 4.69) is 65.4 Å². The predicted octanol–water partition coefficient (Wildman–Crippen LogP) is 7.38. The minimum atomic E-state index is -1.05. The van der Waals surface area contributed by atoms with Gasteiger partial charge in [0, 0.05) is 43.9 Å². The zero-order valence-electron chi connectivity index (χ0n) is 34.1. The quantitative estimate of drug-likeness (QED) is 0.0757. The number of aliphatic hydroxyl groups is 2. The molecule has 0 saturated heterocycles. The van der Waals surface area contributed by atoms with Crippen LogP contribution in [0, 0.1) is 35.2 Å². The van der Waals surface area contributed by atoms with Crippen LogP contribution >= 0.6 is 0 Å². The number of carbonyl (C=O) groups excluding carboxylic acids is 1. The lowest BCUT2D eigenvalue weighted by Crippen LogP contribution is -2.47. The summed E-state index contributed by atoms with van der Waals surface area (Å²) in [5.41, 5.74) is 14.1. The van der Waals surface area contributed by atoms with Crippen molar-refractivity contribution in [1.82, 2.24) is 10.2 Å². The second-order valence-electron chi connectivity index (χ2n) is 16.8. The smallest absolute Gasteiger partial charge is 0.187 e. The van der Waals surface area contributed by atoms with Crippen molar-refractivity contribution in [3.8, 4) is 35.4 Å². The van der Waals surface area contributed by atoms with Gasteiger partial charge in [0.1, 0.15) is 18.0 Å². The highest BCUT2D eigenvalue weighted by molar-refractivity contribution is 5.87. The van der Waals surface area contributed by atoms with Crippen molar-refractivity contribution in [2.45, 2.75) is 115 Å². The van der Waals surface area contributed by atoms with Gasteiger partial charge in [0.15, 0.2) is 17.7 Å². The zero-order chi connectivity index (χ0) is 40.8. The summed E-state index contributed by atoms with van der Waals surface area (Å²) in [4.78, 5) is 20.0. The molecule has 1 spiro atoms. The summed E-state index contributed by atoms with van der Waals surface area (Å²) >= 11 is 0. The van der Waals surface area contributed by atoms with Gasteiger partial charge in [0.25, 0.3) is 0 Å². The maximum Gasteiger partial charge on any atom is 0.187 e. The number of ether oxygens (including phenoxy) is 2. The topological polar surface area (TPSA) is 130 Å². The molecule has 1 aliphatic carbocycles. The molecule has 5 atom stereocenters. The van der Waals surface area contributed by atoms with Gasteiger partial charge in [-0.25, -0.2) is 0 Å². The Balaban J connectivity index is 1.09. The van der Waals surface area contributed by atoms with Gasteiger partial charge in [0.2, 0.25) is 0 Å². The fourth-order valence-corrected chi connectivity index (χ4v) is 9.19. The number of benzene rings is 3. The molecule has 0 aromatic heterocycles. The largest absolute Gasteiger partial charge is 0.465 e. The van der Waals surface area contributed by atoms with Crippen LogP contribution in [-0.2, 0) is 24.1 Å². The van der Waals surface area contributed by atoms with Crippen LogP contribution in [0.15, 0.2) is 94.8 Å². The molecular weight excluding hydrogens is 737 g/mol. The second kappa shape index (κ2) is 18.4. The minimum Gasteiger partial charge on any atom is -0.465 e. The molecule has 3 aromatic rings. The third-order valence-electron chi connectivity index (χ3n) is 12.6. The molecule has 3 aromatic carbocycles. The molecule has 5 unspecified atom stereocenters.